The summed E-state index contributed by atoms with van der Waals surface area (Å²) in [5, 5.41) is 2.97. The summed E-state index contributed by atoms with van der Waals surface area (Å²) < 4.78 is 0. The Morgan fingerprint density at radius 1 is 1.00 bits per heavy atom. The van der Waals surface area contributed by atoms with Gasteiger partial charge >= 0.3 is 0 Å². The molecule has 0 aliphatic rings. The van der Waals surface area contributed by atoms with Gasteiger partial charge in [0.05, 0.1) is 0 Å². The van der Waals surface area contributed by atoms with E-state index in [0.29, 0.717) is 25.9 Å². The van der Waals surface area contributed by atoms with Crippen LogP contribution in [0.4, 0.5) is 5.69 Å². The Morgan fingerprint density at radius 2 is 1.68 bits per heavy atom. The Hall–Kier alpha value is -2.62. The van der Waals surface area contributed by atoms with Gasteiger partial charge in [0, 0.05) is 32.1 Å². The second-order valence-electron chi connectivity index (χ2n) is 8.23. The van der Waals surface area contributed by atoms with Crippen molar-refractivity contribution in [3.63, 3.8) is 0 Å². The molecule has 150 valence electrons. The number of anilines is 1. The highest BCUT2D eigenvalue weighted by molar-refractivity contribution is 5.90. The van der Waals surface area contributed by atoms with Crippen LogP contribution in [0, 0.1) is 0 Å². The molecule has 0 bridgehead atoms. The van der Waals surface area contributed by atoms with Gasteiger partial charge in [0.1, 0.15) is 0 Å². The van der Waals surface area contributed by atoms with Crippen LogP contribution in [0.2, 0.25) is 0 Å². The molecular formula is C24H32N2O2. The van der Waals surface area contributed by atoms with Crippen LogP contribution >= 0.6 is 0 Å². The quantitative estimate of drug-likeness (QED) is 0.741. The van der Waals surface area contributed by atoms with E-state index in [9.17, 15) is 9.59 Å². The Bertz CT molecular complexity index is 804. The van der Waals surface area contributed by atoms with E-state index in [1.165, 1.54) is 5.56 Å². The van der Waals surface area contributed by atoms with E-state index in [2.05, 4.69) is 50.4 Å². The number of nitrogens with zero attached hydrogens (tertiary/aromatic N) is 1. The monoisotopic (exact) mass is 380 g/mol. The predicted octanol–water partition coefficient (Wildman–Crippen LogP) is 4.92. The van der Waals surface area contributed by atoms with Gasteiger partial charge in [-0.05, 0) is 47.6 Å². The van der Waals surface area contributed by atoms with Crippen molar-refractivity contribution in [2.45, 2.75) is 59.4 Å². The summed E-state index contributed by atoms with van der Waals surface area (Å²) in [6.07, 6.45) is 1.15. The van der Waals surface area contributed by atoms with Crippen molar-refractivity contribution in [1.82, 2.24) is 4.90 Å². The van der Waals surface area contributed by atoms with Gasteiger partial charge < -0.3 is 10.2 Å². The molecule has 2 aromatic rings. The highest BCUT2D eigenvalue weighted by Gasteiger charge is 2.13. The summed E-state index contributed by atoms with van der Waals surface area (Å²) in [6, 6.07) is 16.2. The fraction of sp³-hybridized carbons (Fsp3) is 0.417. The molecule has 0 unspecified atom stereocenters. The van der Waals surface area contributed by atoms with Gasteiger partial charge in [-0.15, -0.1) is 0 Å². The molecule has 1 N–H and O–H groups in total. The van der Waals surface area contributed by atoms with Crippen molar-refractivity contribution < 1.29 is 9.59 Å². The molecule has 2 aromatic carbocycles. The lowest BCUT2D eigenvalue weighted by molar-refractivity contribution is -0.129. The molecule has 28 heavy (non-hydrogen) atoms. The lowest BCUT2D eigenvalue weighted by Crippen LogP contribution is -2.27. The molecule has 2 rings (SSSR count). The molecular weight excluding hydrogens is 348 g/mol. The minimum absolute atomic E-state index is 0.00374. The molecule has 4 heteroatoms. The van der Waals surface area contributed by atoms with Gasteiger partial charge in [0.25, 0.3) is 0 Å². The molecule has 0 fully saturated rings. The maximum absolute atomic E-state index is 12.3. The van der Waals surface area contributed by atoms with Crippen LogP contribution in [0.25, 0.3) is 0 Å². The highest BCUT2D eigenvalue weighted by Crippen LogP contribution is 2.22. The number of carbonyl (C=O) groups is 2. The lowest BCUT2D eigenvalue weighted by Gasteiger charge is -2.19. The average molecular weight is 381 g/mol. The maximum Gasteiger partial charge on any atom is 0.224 e. The van der Waals surface area contributed by atoms with Gasteiger partial charge in [0.15, 0.2) is 0 Å². The molecule has 4 nitrogen and oxygen atoms in total. The standard InChI is InChI=1S/C24H32N2O2/c1-6-26(18(2)27)17-20-8-7-9-22(16-20)25-23(28)15-12-19-10-13-21(14-11-19)24(3,4)5/h7-11,13-14,16H,6,12,15,17H2,1-5H3,(H,25,28). The number of nitrogens with one attached hydrogen (secondary N) is 1. The van der Waals surface area contributed by atoms with Gasteiger partial charge in [-0.25, -0.2) is 0 Å². The van der Waals surface area contributed by atoms with Crippen molar-refractivity contribution in [2.75, 3.05) is 11.9 Å². The third-order valence-electron chi connectivity index (χ3n) is 4.87. The minimum Gasteiger partial charge on any atom is -0.339 e. The van der Waals surface area contributed by atoms with Crippen LogP contribution in [-0.2, 0) is 28.0 Å². The predicted molar refractivity (Wildman–Crippen MR) is 115 cm³/mol. The first kappa shape index (κ1) is 21.7. The second-order valence-corrected chi connectivity index (χ2v) is 8.23. The summed E-state index contributed by atoms with van der Waals surface area (Å²) >= 11 is 0. The molecule has 0 aliphatic heterocycles. The minimum atomic E-state index is -0.00374. The van der Waals surface area contributed by atoms with Gasteiger partial charge in [-0.2, -0.15) is 0 Å². The van der Waals surface area contributed by atoms with Crippen LogP contribution in [0.15, 0.2) is 48.5 Å². The van der Waals surface area contributed by atoms with Crippen molar-refractivity contribution >= 4 is 17.5 Å². The second kappa shape index (κ2) is 9.54. The Labute approximate surface area is 169 Å². The zero-order valence-corrected chi connectivity index (χ0v) is 17.7. The van der Waals surface area contributed by atoms with E-state index in [1.54, 1.807) is 11.8 Å². The molecule has 0 aromatic heterocycles. The normalized spacial score (nSPS) is 11.2. The summed E-state index contributed by atoms with van der Waals surface area (Å²) in [4.78, 5) is 25.7. The topological polar surface area (TPSA) is 49.4 Å². The molecule has 0 radical (unpaired) electrons. The van der Waals surface area contributed by atoms with Gasteiger partial charge in [-0.1, -0.05) is 57.2 Å². The van der Waals surface area contributed by atoms with Crippen LogP contribution in [-0.4, -0.2) is 23.3 Å². The third-order valence-corrected chi connectivity index (χ3v) is 4.87. The van der Waals surface area contributed by atoms with E-state index < -0.39 is 0 Å². The Morgan fingerprint density at radius 3 is 2.25 bits per heavy atom. The number of carbonyl (C=O) groups excluding carboxylic acids is 2. The number of amides is 2. The first-order valence-electron chi connectivity index (χ1n) is 9.92. The fourth-order valence-corrected chi connectivity index (χ4v) is 3.07. The molecule has 0 saturated heterocycles. The van der Waals surface area contributed by atoms with E-state index in [4.69, 9.17) is 0 Å². The maximum atomic E-state index is 12.3. The first-order chi connectivity index (χ1) is 13.2. The van der Waals surface area contributed by atoms with Crippen molar-refractivity contribution in [3.05, 3.63) is 65.2 Å². The Balaban J connectivity index is 1.91. The van der Waals surface area contributed by atoms with Crippen LogP contribution in [0.1, 0.15) is 57.7 Å². The number of rotatable bonds is 7. The number of hydrogen-bond donors (Lipinski definition) is 1. The zero-order chi connectivity index (χ0) is 20.7. The Kier molecular flexibility index (Phi) is 7.38. The first-order valence-corrected chi connectivity index (χ1v) is 9.92. The molecule has 0 spiro atoms. The van der Waals surface area contributed by atoms with Crippen LogP contribution in [0.5, 0.6) is 0 Å². The van der Waals surface area contributed by atoms with Crippen LogP contribution < -0.4 is 5.32 Å². The van der Waals surface area contributed by atoms with E-state index in [1.807, 2.05) is 31.2 Å². The SMILES string of the molecule is CCN(Cc1cccc(NC(=O)CCc2ccc(C(C)(C)C)cc2)c1)C(C)=O. The molecule has 0 heterocycles. The average Bonchev–Trinajstić information content (AvgIpc) is 2.64. The van der Waals surface area contributed by atoms with Gasteiger partial charge in [-0.3, -0.25) is 9.59 Å². The molecule has 2 amide bonds. The highest BCUT2D eigenvalue weighted by atomic mass is 16.2. The lowest BCUT2D eigenvalue weighted by atomic mass is 9.86. The van der Waals surface area contributed by atoms with E-state index in [0.717, 1.165) is 16.8 Å². The summed E-state index contributed by atoms with van der Waals surface area (Å²) in [5.74, 6) is 0.0466. The summed E-state index contributed by atoms with van der Waals surface area (Å²) in [5.41, 5.74) is 4.37. The zero-order valence-electron chi connectivity index (χ0n) is 17.7. The number of benzene rings is 2. The van der Waals surface area contributed by atoms with Crippen molar-refractivity contribution in [3.8, 4) is 0 Å². The number of hydrogen-bond acceptors (Lipinski definition) is 2. The molecule has 0 saturated carbocycles. The third kappa shape index (κ3) is 6.52. The van der Waals surface area contributed by atoms with Crippen molar-refractivity contribution in [1.29, 1.82) is 0 Å². The fourth-order valence-electron chi connectivity index (χ4n) is 3.07. The molecule has 0 aliphatic carbocycles. The van der Waals surface area contributed by atoms with E-state index in [-0.39, 0.29) is 17.2 Å². The summed E-state index contributed by atoms with van der Waals surface area (Å²) in [6.45, 7) is 11.3. The van der Waals surface area contributed by atoms with Crippen LogP contribution in [0.3, 0.4) is 0 Å². The molecule has 0 atom stereocenters. The van der Waals surface area contributed by atoms with Gasteiger partial charge in [0.2, 0.25) is 11.8 Å². The largest absolute Gasteiger partial charge is 0.339 e. The number of aryl methyl sites for hydroxylation is 1. The van der Waals surface area contributed by atoms with E-state index >= 15 is 0 Å². The smallest absolute Gasteiger partial charge is 0.224 e. The summed E-state index contributed by atoms with van der Waals surface area (Å²) in [7, 11) is 0. The van der Waals surface area contributed by atoms with Crippen molar-refractivity contribution in [2.24, 2.45) is 0 Å².